The summed E-state index contributed by atoms with van der Waals surface area (Å²) in [5.41, 5.74) is 4.22. The number of benzene rings is 2. The summed E-state index contributed by atoms with van der Waals surface area (Å²) in [6.45, 7) is 3.86. The third-order valence-electron chi connectivity index (χ3n) is 4.15. The molecule has 1 heterocycles. The second kappa shape index (κ2) is 8.26. The zero-order valence-corrected chi connectivity index (χ0v) is 16.3. The molecule has 0 aliphatic rings. The monoisotopic (exact) mass is 383 g/mol. The highest BCUT2D eigenvalue weighted by atomic mass is 32.2. The molecule has 2 amide bonds. The summed E-state index contributed by atoms with van der Waals surface area (Å²) >= 11 is 1.22. The molecule has 27 heavy (non-hydrogen) atoms. The van der Waals surface area contributed by atoms with Gasteiger partial charge in [0.25, 0.3) is 5.22 Å². The minimum atomic E-state index is -0.227. The van der Waals surface area contributed by atoms with Gasteiger partial charge in [0.2, 0.25) is 11.8 Å². The van der Waals surface area contributed by atoms with Gasteiger partial charge in [-0.2, -0.15) is 0 Å². The molecular formula is C20H21N3O3S. The van der Waals surface area contributed by atoms with Crippen LogP contribution in [-0.4, -0.2) is 41.0 Å². The van der Waals surface area contributed by atoms with Crippen LogP contribution >= 0.6 is 11.8 Å². The van der Waals surface area contributed by atoms with Gasteiger partial charge in [0, 0.05) is 12.7 Å². The van der Waals surface area contributed by atoms with Crippen molar-refractivity contribution in [1.82, 2.24) is 9.88 Å². The van der Waals surface area contributed by atoms with Crippen molar-refractivity contribution in [3.8, 4) is 0 Å². The first-order chi connectivity index (χ1) is 12.9. The van der Waals surface area contributed by atoms with Crippen LogP contribution < -0.4 is 5.32 Å². The zero-order chi connectivity index (χ0) is 19.4. The van der Waals surface area contributed by atoms with Gasteiger partial charge in [-0.1, -0.05) is 42.1 Å². The van der Waals surface area contributed by atoms with Gasteiger partial charge in [-0.25, -0.2) is 4.98 Å². The van der Waals surface area contributed by atoms with Crippen molar-refractivity contribution in [3.05, 3.63) is 53.6 Å². The number of thioether (sulfide) groups is 1. The average Bonchev–Trinajstić information content (AvgIpc) is 3.05. The van der Waals surface area contributed by atoms with E-state index in [1.54, 1.807) is 7.05 Å². The number of nitrogens with zero attached hydrogens (tertiary/aromatic N) is 2. The number of nitrogens with one attached hydrogen (secondary N) is 1. The third-order valence-corrected chi connectivity index (χ3v) is 4.96. The molecule has 0 spiro atoms. The molecular weight excluding hydrogens is 362 g/mol. The molecule has 0 aliphatic carbocycles. The standard InChI is InChI=1S/C20H21N3O3S/c1-13-7-6-8-14(2)19(13)22-17(24)11-23(3)18(25)12-27-20-21-15-9-4-5-10-16(15)26-20/h4-10H,11-12H2,1-3H3,(H,22,24). The van der Waals surface area contributed by atoms with Gasteiger partial charge in [0.15, 0.2) is 5.58 Å². The fourth-order valence-electron chi connectivity index (χ4n) is 2.64. The Morgan fingerprint density at radius 3 is 2.52 bits per heavy atom. The number of carbonyl (C=O) groups is 2. The van der Waals surface area contributed by atoms with E-state index in [9.17, 15) is 9.59 Å². The maximum absolute atomic E-state index is 12.3. The molecule has 0 atom stereocenters. The second-order valence-corrected chi connectivity index (χ2v) is 7.23. The predicted octanol–water partition coefficient (Wildman–Crippen LogP) is 3.63. The molecule has 1 N–H and O–H groups in total. The number of carbonyl (C=O) groups excluding carboxylic acids is 2. The van der Waals surface area contributed by atoms with Crippen LogP contribution in [0, 0.1) is 13.8 Å². The van der Waals surface area contributed by atoms with E-state index in [1.165, 1.54) is 16.7 Å². The molecule has 0 unspecified atom stereocenters. The Bertz CT molecular complexity index is 930. The van der Waals surface area contributed by atoms with Crippen LogP contribution in [0.4, 0.5) is 5.69 Å². The van der Waals surface area contributed by atoms with Crippen molar-refractivity contribution in [3.63, 3.8) is 0 Å². The van der Waals surface area contributed by atoms with Crippen molar-refractivity contribution < 1.29 is 14.0 Å². The largest absolute Gasteiger partial charge is 0.431 e. The van der Waals surface area contributed by atoms with Gasteiger partial charge in [0.1, 0.15) is 5.52 Å². The summed E-state index contributed by atoms with van der Waals surface area (Å²) in [4.78, 5) is 30.3. The fourth-order valence-corrected chi connectivity index (χ4v) is 3.42. The van der Waals surface area contributed by atoms with Crippen molar-refractivity contribution >= 4 is 40.4 Å². The number of hydrogen-bond acceptors (Lipinski definition) is 5. The van der Waals surface area contributed by atoms with Gasteiger partial charge in [-0.05, 0) is 37.1 Å². The molecule has 3 aromatic rings. The number of hydrogen-bond donors (Lipinski definition) is 1. The molecule has 0 fully saturated rings. The Hall–Kier alpha value is -2.80. The lowest BCUT2D eigenvalue weighted by Gasteiger charge is -2.17. The molecule has 1 aromatic heterocycles. The van der Waals surface area contributed by atoms with Crippen LogP contribution in [0.25, 0.3) is 11.1 Å². The van der Waals surface area contributed by atoms with Gasteiger partial charge < -0.3 is 14.6 Å². The zero-order valence-electron chi connectivity index (χ0n) is 15.5. The Balaban J connectivity index is 1.53. The lowest BCUT2D eigenvalue weighted by atomic mass is 10.1. The predicted molar refractivity (Wildman–Crippen MR) is 107 cm³/mol. The Morgan fingerprint density at radius 2 is 1.81 bits per heavy atom. The minimum Gasteiger partial charge on any atom is -0.431 e. The Morgan fingerprint density at radius 1 is 1.11 bits per heavy atom. The normalized spacial score (nSPS) is 10.8. The second-order valence-electron chi connectivity index (χ2n) is 6.30. The van der Waals surface area contributed by atoms with Crippen LogP contribution in [0.15, 0.2) is 52.1 Å². The van der Waals surface area contributed by atoms with Crippen molar-refractivity contribution in [2.24, 2.45) is 0 Å². The van der Waals surface area contributed by atoms with Crippen LogP contribution in [-0.2, 0) is 9.59 Å². The molecule has 2 aromatic carbocycles. The van der Waals surface area contributed by atoms with Crippen molar-refractivity contribution in [2.45, 2.75) is 19.1 Å². The number of fused-ring (bicyclic) bond motifs is 1. The van der Waals surface area contributed by atoms with Gasteiger partial charge in [-0.15, -0.1) is 0 Å². The molecule has 0 radical (unpaired) electrons. The summed E-state index contributed by atoms with van der Waals surface area (Å²) in [5, 5.41) is 3.33. The van der Waals surface area contributed by atoms with E-state index >= 15 is 0 Å². The van der Waals surface area contributed by atoms with Crippen LogP contribution in [0.5, 0.6) is 0 Å². The summed E-state index contributed by atoms with van der Waals surface area (Å²) in [6.07, 6.45) is 0. The molecule has 140 valence electrons. The highest BCUT2D eigenvalue weighted by molar-refractivity contribution is 7.99. The molecule has 3 rings (SSSR count). The number of amides is 2. The molecule has 0 saturated carbocycles. The number of aryl methyl sites for hydroxylation is 2. The van der Waals surface area contributed by atoms with Crippen molar-refractivity contribution in [1.29, 1.82) is 0 Å². The first-order valence-corrected chi connectivity index (χ1v) is 9.51. The number of likely N-dealkylation sites (N-methyl/N-ethyl adjacent to an activating group) is 1. The van der Waals surface area contributed by atoms with Gasteiger partial charge in [0.05, 0.1) is 12.3 Å². The van der Waals surface area contributed by atoms with E-state index < -0.39 is 0 Å². The number of para-hydroxylation sites is 3. The molecule has 7 heteroatoms. The first-order valence-electron chi connectivity index (χ1n) is 8.52. The quantitative estimate of drug-likeness (QED) is 0.658. The summed E-state index contributed by atoms with van der Waals surface area (Å²) < 4.78 is 5.59. The van der Waals surface area contributed by atoms with E-state index in [0.717, 1.165) is 22.3 Å². The number of oxazole rings is 1. The molecule has 0 aliphatic heterocycles. The molecule has 0 bridgehead atoms. The maximum atomic E-state index is 12.3. The summed E-state index contributed by atoms with van der Waals surface area (Å²) in [7, 11) is 1.61. The fraction of sp³-hybridized carbons (Fsp3) is 0.250. The van der Waals surface area contributed by atoms with Gasteiger partial charge >= 0.3 is 0 Å². The van der Waals surface area contributed by atoms with E-state index in [2.05, 4.69) is 10.3 Å². The van der Waals surface area contributed by atoms with Crippen LogP contribution in [0.3, 0.4) is 0 Å². The number of rotatable bonds is 6. The highest BCUT2D eigenvalue weighted by Crippen LogP contribution is 2.23. The van der Waals surface area contributed by atoms with Crippen LogP contribution in [0.2, 0.25) is 0 Å². The molecule has 6 nitrogen and oxygen atoms in total. The Labute approximate surface area is 161 Å². The highest BCUT2D eigenvalue weighted by Gasteiger charge is 2.16. The van der Waals surface area contributed by atoms with E-state index in [0.29, 0.717) is 10.8 Å². The van der Waals surface area contributed by atoms with E-state index in [4.69, 9.17) is 4.42 Å². The van der Waals surface area contributed by atoms with Crippen molar-refractivity contribution in [2.75, 3.05) is 24.7 Å². The van der Waals surface area contributed by atoms with Crippen LogP contribution in [0.1, 0.15) is 11.1 Å². The third kappa shape index (κ3) is 4.68. The topological polar surface area (TPSA) is 75.4 Å². The molecule has 0 saturated heterocycles. The summed E-state index contributed by atoms with van der Waals surface area (Å²) in [6, 6.07) is 13.3. The van der Waals surface area contributed by atoms with Gasteiger partial charge in [-0.3, -0.25) is 9.59 Å². The average molecular weight is 383 g/mol. The number of aromatic nitrogens is 1. The SMILES string of the molecule is Cc1cccc(C)c1NC(=O)CN(C)C(=O)CSc1nc2ccccc2o1. The smallest absolute Gasteiger partial charge is 0.257 e. The Kier molecular flexibility index (Phi) is 5.81. The van der Waals surface area contributed by atoms with E-state index in [-0.39, 0.29) is 24.1 Å². The lowest BCUT2D eigenvalue weighted by molar-refractivity contribution is -0.131. The first kappa shape index (κ1) is 19.0. The summed E-state index contributed by atoms with van der Waals surface area (Å²) in [5.74, 6) is -0.242. The minimum absolute atomic E-state index is 0.0132. The maximum Gasteiger partial charge on any atom is 0.257 e. The lowest BCUT2D eigenvalue weighted by Crippen LogP contribution is -2.36. The van der Waals surface area contributed by atoms with E-state index in [1.807, 2.05) is 56.3 Å². The number of anilines is 1.